The molecule has 0 aliphatic carbocycles. The van der Waals surface area contributed by atoms with Crippen LogP contribution in [0.3, 0.4) is 0 Å². The van der Waals surface area contributed by atoms with E-state index >= 15 is 0 Å². The van der Waals surface area contributed by atoms with Gasteiger partial charge in [0.1, 0.15) is 4.90 Å². The molecule has 0 bridgehead atoms. The van der Waals surface area contributed by atoms with Crippen molar-refractivity contribution in [2.75, 3.05) is 32.1 Å². The lowest BCUT2D eigenvalue weighted by atomic mass is 10.2. The molecule has 10 heteroatoms. The molecule has 146 valence electrons. The van der Waals surface area contributed by atoms with Crippen molar-refractivity contribution in [3.63, 3.8) is 0 Å². The molecule has 1 aliphatic heterocycles. The van der Waals surface area contributed by atoms with Crippen LogP contribution >= 0.6 is 35.0 Å². The van der Waals surface area contributed by atoms with Crippen molar-refractivity contribution in [3.05, 3.63) is 28.2 Å². The van der Waals surface area contributed by atoms with E-state index in [0.717, 1.165) is 31.8 Å². The van der Waals surface area contributed by atoms with Crippen LogP contribution in [0.5, 0.6) is 0 Å². The first-order valence-corrected chi connectivity index (χ1v) is 11.6. The number of rotatable bonds is 9. The van der Waals surface area contributed by atoms with Crippen molar-refractivity contribution in [1.29, 1.82) is 0 Å². The van der Waals surface area contributed by atoms with Crippen LogP contribution in [-0.4, -0.2) is 51.6 Å². The minimum absolute atomic E-state index is 0.0250. The first-order valence-electron chi connectivity index (χ1n) is 8.30. The molecule has 0 saturated carbocycles. The second-order valence-electron chi connectivity index (χ2n) is 5.73. The first kappa shape index (κ1) is 21.8. The van der Waals surface area contributed by atoms with E-state index in [4.69, 9.17) is 27.9 Å². The van der Waals surface area contributed by atoms with Gasteiger partial charge in [-0.05, 0) is 25.0 Å². The van der Waals surface area contributed by atoms with Crippen LogP contribution in [0.25, 0.3) is 0 Å². The maximum Gasteiger partial charge on any atom is 0.243 e. The maximum atomic E-state index is 12.3. The van der Waals surface area contributed by atoms with Crippen molar-refractivity contribution >= 4 is 50.9 Å². The van der Waals surface area contributed by atoms with Gasteiger partial charge in [0.15, 0.2) is 0 Å². The Labute approximate surface area is 168 Å². The number of carbonyl (C=O) groups excluding carboxylic acids is 1. The second-order valence-corrected chi connectivity index (χ2v) is 9.66. The smallest absolute Gasteiger partial charge is 0.243 e. The minimum Gasteiger partial charge on any atom is -0.381 e. The average molecular weight is 441 g/mol. The normalized spacial score (nSPS) is 15.8. The van der Waals surface area contributed by atoms with E-state index in [1.54, 1.807) is 6.07 Å². The Kier molecular flexibility index (Phi) is 8.99. The molecular weight excluding hydrogens is 419 g/mol. The maximum absolute atomic E-state index is 12.3. The van der Waals surface area contributed by atoms with Crippen LogP contribution in [0.4, 0.5) is 0 Å². The number of sulfonamides is 1. The Morgan fingerprint density at radius 2 is 1.85 bits per heavy atom. The Balaban J connectivity index is 1.67. The molecule has 2 rings (SSSR count). The molecule has 1 fully saturated rings. The molecule has 1 aliphatic rings. The molecule has 1 saturated heterocycles. The van der Waals surface area contributed by atoms with Gasteiger partial charge in [-0.25, -0.2) is 13.1 Å². The molecule has 1 amide bonds. The lowest BCUT2D eigenvalue weighted by Gasteiger charge is -2.21. The quantitative estimate of drug-likeness (QED) is 0.576. The highest BCUT2D eigenvalue weighted by atomic mass is 35.5. The number of hydrogen-bond donors (Lipinski definition) is 2. The van der Waals surface area contributed by atoms with Gasteiger partial charge in [-0.3, -0.25) is 4.79 Å². The number of amides is 1. The molecular formula is C16H22Cl2N2O4S2. The molecule has 26 heavy (non-hydrogen) atoms. The summed E-state index contributed by atoms with van der Waals surface area (Å²) in [7, 11) is -3.87. The number of nitrogens with one attached hydrogen (secondary N) is 2. The zero-order valence-electron chi connectivity index (χ0n) is 14.2. The predicted molar refractivity (Wildman–Crippen MR) is 106 cm³/mol. The van der Waals surface area contributed by atoms with Gasteiger partial charge < -0.3 is 10.1 Å². The van der Waals surface area contributed by atoms with Crippen LogP contribution in [0.15, 0.2) is 23.1 Å². The van der Waals surface area contributed by atoms with Gasteiger partial charge in [0, 0.05) is 43.7 Å². The highest BCUT2D eigenvalue weighted by molar-refractivity contribution is 7.99. The van der Waals surface area contributed by atoms with Gasteiger partial charge in [-0.1, -0.05) is 29.3 Å². The van der Waals surface area contributed by atoms with Crippen LogP contribution in [0.2, 0.25) is 10.0 Å². The van der Waals surface area contributed by atoms with Crippen LogP contribution in [0, 0.1) is 0 Å². The highest BCUT2D eigenvalue weighted by Crippen LogP contribution is 2.28. The molecule has 1 aromatic carbocycles. The highest BCUT2D eigenvalue weighted by Gasteiger charge is 2.21. The summed E-state index contributed by atoms with van der Waals surface area (Å²) < 4.78 is 32.2. The standard InChI is InChI=1S/C16H22Cl2N2O4S2/c17-13-2-1-3-14(18)16(13)26(22,23)20-7-4-15(21)19-8-11-25-12-5-9-24-10-6-12/h1-3,12,20H,4-11H2,(H,19,21). The second kappa shape index (κ2) is 10.7. The van der Waals surface area contributed by atoms with Crippen molar-refractivity contribution in [2.45, 2.75) is 29.4 Å². The van der Waals surface area contributed by atoms with Gasteiger partial charge in [-0.2, -0.15) is 11.8 Å². The van der Waals surface area contributed by atoms with Gasteiger partial charge >= 0.3 is 0 Å². The fourth-order valence-electron chi connectivity index (χ4n) is 2.46. The zero-order valence-corrected chi connectivity index (χ0v) is 17.3. The molecule has 0 radical (unpaired) electrons. The Bertz CT molecular complexity index is 690. The van der Waals surface area contributed by atoms with Gasteiger partial charge in [0.25, 0.3) is 0 Å². The fraction of sp³-hybridized carbons (Fsp3) is 0.562. The Morgan fingerprint density at radius 3 is 2.50 bits per heavy atom. The molecule has 0 spiro atoms. The summed E-state index contributed by atoms with van der Waals surface area (Å²) >= 11 is 13.7. The third-order valence-electron chi connectivity index (χ3n) is 3.78. The number of ether oxygens (including phenoxy) is 1. The summed E-state index contributed by atoms with van der Waals surface area (Å²) in [5.74, 6) is 0.628. The zero-order chi connectivity index (χ0) is 19.0. The summed E-state index contributed by atoms with van der Waals surface area (Å²) in [5, 5.41) is 3.47. The van der Waals surface area contributed by atoms with Crippen LogP contribution in [-0.2, 0) is 19.6 Å². The Hall–Kier alpha value is -0.510. The molecule has 1 aromatic rings. The molecule has 0 aromatic heterocycles. The molecule has 0 unspecified atom stereocenters. The van der Waals surface area contributed by atoms with Crippen molar-refractivity contribution in [3.8, 4) is 0 Å². The monoisotopic (exact) mass is 440 g/mol. The molecule has 1 heterocycles. The van der Waals surface area contributed by atoms with Crippen molar-refractivity contribution < 1.29 is 17.9 Å². The van der Waals surface area contributed by atoms with Crippen LogP contribution in [0.1, 0.15) is 19.3 Å². The van der Waals surface area contributed by atoms with Crippen LogP contribution < -0.4 is 10.0 Å². The van der Waals surface area contributed by atoms with E-state index in [2.05, 4.69) is 10.0 Å². The van der Waals surface area contributed by atoms with E-state index in [1.165, 1.54) is 12.1 Å². The number of benzene rings is 1. The minimum atomic E-state index is -3.87. The van der Waals surface area contributed by atoms with E-state index in [0.29, 0.717) is 11.8 Å². The summed E-state index contributed by atoms with van der Waals surface area (Å²) in [6.45, 7) is 2.14. The number of hydrogen-bond acceptors (Lipinski definition) is 5. The van der Waals surface area contributed by atoms with Crippen molar-refractivity contribution in [1.82, 2.24) is 10.0 Å². The van der Waals surface area contributed by atoms with Gasteiger partial charge in [-0.15, -0.1) is 0 Å². The number of thioether (sulfide) groups is 1. The lowest BCUT2D eigenvalue weighted by Crippen LogP contribution is -2.32. The van der Waals surface area contributed by atoms with E-state index in [1.807, 2.05) is 11.8 Å². The third kappa shape index (κ3) is 6.90. The summed E-state index contributed by atoms with van der Waals surface area (Å²) in [4.78, 5) is 11.7. The molecule has 0 atom stereocenters. The Morgan fingerprint density at radius 1 is 1.19 bits per heavy atom. The van der Waals surface area contributed by atoms with E-state index in [-0.39, 0.29) is 33.8 Å². The summed E-state index contributed by atoms with van der Waals surface area (Å²) in [5.41, 5.74) is 0. The average Bonchev–Trinajstić information content (AvgIpc) is 2.59. The SMILES string of the molecule is O=C(CCNS(=O)(=O)c1c(Cl)cccc1Cl)NCCSC1CCOCC1. The predicted octanol–water partition coefficient (Wildman–Crippen LogP) is 2.69. The van der Waals surface area contributed by atoms with E-state index in [9.17, 15) is 13.2 Å². The van der Waals surface area contributed by atoms with Gasteiger partial charge in [0.2, 0.25) is 15.9 Å². The molecule has 6 nitrogen and oxygen atoms in total. The van der Waals surface area contributed by atoms with Gasteiger partial charge in [0.05, 0.1) is 10.0 Å². The lowest BCUT2D eigenvalue weighted by molar-refractivity contribution is -0.120. The number of carbonyl (C=O) groups is 1. The summed E-state index contributed by atoms with van der Waals surface area (Å²) in [6.07, 6.45) is 2.14. The third-order valence-corrected chi connectivity index (χ3v) is 7.58. The fourth-order valence-corrected chi connectivity index (χ4v) is 5.71. The topological polar surface area (TPSA) is 84.5 Å². The molecule has 2 N–H and O–H groups in total. The summed E-state index contributed by atoms with van der Waals surface area (Å²) in [6, 6.07) is 4.46. The number of halogens is 2. The largest absolute Gasteiger partial charge is 0.381 e. The van der Waals surface area contributed by atoms with E-state index < -0.39 is 10.0 Å². The van der Waals surface area contributed by atoms with Crippen molar-refractivity contribution in [2.24, 2.45) is 0 Å². The first-order chi connectivity index (χ1) is 12.4.